The first-order valence-corrected chi connectivity index (χ1v) is 7.90. The van der Waals surface area contributed by atoms with Gasteiger partial charge in [0, 0.05) is 6.07 Å². The molecule has 0 aliphatic carbocycles. The van der Waals surface area contributed by atoms with Crippen molar-refractivity contribution in [2.75, 3.05) is 0 Å². The standard InChI is InChI=1S/C13H7F3N2O7S/c14-9-3-4-11(13(16)12(9)15)26(23,24)25-6-7-1-2-8(17(19)20)5-10(7)18(21)22/h1-5H,6H2. The summed E-state index contributed by atoms with van der Waals surface area (Å²) in [6.07, 6.45) is 0. The highest BCUT2D eigenvalue weighted by Crippen LogP contribution is 2.27. The molecule has 138 valence electrons. The number of hydrogen-bond acceptors (Lipinski definition) is 7. The Morgan fingerprint density at radius 2 is 1.62 bits per heavy atom. The van der Waals surface area contributed by atoms with Gasteiger partial charge in [-0.15, -0.1) is 0 Å². The smallest absolute Gasteiger partial charge is 0.261 e. The third kappa shape index (κ3) is 3.78. The first kappa shape index (κ1) is 19.3. The summed E-state index contributed by atoms with van der Waals surface area (Å²) in [4.78, 5) is 18.4. The molecule has 9 nitrogen and oxygen atoms in total. The van der Waals surface area contributed by atoms with E-state index in [-0.39, 0.29) is 5.56 Å². The second-order valence-electron chi connectivity index (χ2n) is 4.72. The van der Waals surface area contributed by atoms with Crippen molar-refractivity contribution >= 4 is 21.5 Å². The topological polar surface area (TPSA) is 130 Å². The number of benzene rings is 2. The van der Waals surface area contributed by atoms with Crippen molar-refractivity contribution in [2.45, 2.75) is 11.5 Å². The van der Waals surface area contributed by atoms with Gasteiger partial charge in [-0.3, -0.25) is 24.4 Å². The van der Waals surface area contributed by atoms with Crippen molar-refractivity contribution in [1.29, 1.82) is 0 Å². The molecule has 0 saturated carbocycles. The van der Waals surface area contributed by atoms with E-state index in [1.54, 1.807) is 0 Å². The summed E-state index contributed by atoms with van der Waals surface area (Å²) in [5.41, 5.74) is -1.79. The van der Waals surface area contributed by atoms with Gasteiger partial charge < -0.3 is 0 Å². The maximum Gasteiger partial charge on any atom is 0.300 e. The Kier molecular flexibility index (Phi) is 5.22. The molecular weight excluding hydrogens is 385 g/mol. The van der Waals surface area contributed by atoms with E-state index in [0.717, 1.165) is 12.1 Å². The van der Waals surface area contributed by atoms with E-state index in [1.807, 2.05) is 0 Å². The maximum atomic E-state index is 13.6. The molecule has 0 saturated heterocycles. The van der Waals surface area contributed by atoms with Crippen molar-refractivity contribution < 1.29 is 35.6 Å². The van der Waals surface area contributed by atoms with Crippen molar-refractivity contribution in [2.24, 2.45) is 0 Å². The van der Waals surface area contributed by atoms with Crippen LogP contribution in [0, 0.1) is 37.7 Å². The van der Waals surface area contributed by atoms with Crippen LogP contribution in [0.15, 0.2) is 35.2 Å². The molecule has 0 aliphatic rings. The quantitative estimate of drug-likeness (QED) is 0.320. The van der Waals surface area contributed by atoms with Gasteiger partial charge in [-0.2, -0.15) is 8.42 Å². The SMILES string of the molecule is O=[N+]([O-])c1ccc(COS(=O)(=O)c2ccc(F)c(F)c2F)c([N+](=O)[O-])c1. The van der Waals surface area contributed by atoms with Crippen LogP contribution in [0.4, 0.5) is 24.5 Å². The second kappa shape index (κ2) is 7.05. The van der Waals surface area contributed by atoms with Gasteiger partial charge in [0.15, 0.2) is 17.5 Å². The summed E-state index contributed by atoms with van der Waals surface area (Å²) in [5.74, 6) is -5.66. The van der Waals surface area contributed by atoms with Crippen LogP contribution in [0.1, 0.15) is 5.56 Å². The molecule has 0 aliphatic heterocycles. The van der Waals surface area contributed by atoms with Crippen LogP contribution in [0.5, 0.6) is 0 Å². The van der Waals surface area contributed by atoms with Crippen molar-refractivity contribution in [3.05, 3.63) is 73.6 Å². The number of nitro benzene ring substituents is 2. The minimum atomic E-state index is -4.94. The molecule has 0 spiro atoms. The first-order valence-electron chi connectivity index (χ1n) is 6.49. The lowest BCUT2D eigenvalue weighted by molar-refractivity contribution is -0.394. The summed E-state index contributed by atoms with van der Waals surface area (Å²) < 4.78 is 67.9. The molecule has 0 fully saturated rings. The summed E-state index contributed by atoms with van der Waals surface area (Å²) in [5, 5.41) is 21.6. The number of nitro groups is 2. The Labute approximate surface area is 143 Å². The molecule has 2 rings (SSSR count). The van der Waals surface area contributed by atoms with Gasteiger partial charge in [-0.25, -0.2) is 13.2 Å². The number of non-ortho nitro benzene ring substituents is 1. The molecule has 2 aromatic carbocycles. The molecule has 0 bridgehead atoms. The number of hydrogen-bond donors (Lipinski definition) is 0. The van der Waals surface area contributed by atoms with Crippen molar-refractivity contribution in [3.63, 3.8) is 0 Å². The summed E-state index contributed by atoms with van der Waals surface area (Å²) >= 11 is 0. The van der Waals surface area contributed by atoms with Gasteiger partial charge in [-0.1, -0.05) is 0 Å². The van der Waals surface area contributed by atoms with Crippen LogP contribution in [0.2, 0.25) is 0 Å². The summed E-state index contributed by atoms with van der Waals surface area (Å²) in [6, 6.07) is 3.13. The number of nitrogens with zero attached hydrogens (tertiary/aromatic N) is 2. The van der Waals surface area contributed by atoms with Crippen LogP contribution < -0.4 is 0 Å². The van der Waals surface area contributed by atoms with Crippen molar-refractivity contribution in [1.82, 2.24) is 0 Å². The predicted octanol–water partition coefficient (Wildman–Crippen LogP) is 2.83. The number of rotatable bonds is 6. The molecule has 0 heterocycles. The Balaban J connectivity index is 2.35. The van der Waals surface area contributed by atoms with Gasteiger partial charge in [-0.05, 0) is 18.2 Å². The fourth-order valence-electron chi connectivity index (χ4n) is 1.86. The molecule has 13 heteroatoms. The molecule has 2 aromatic rings. The Bertz CT molecular complexity index is 1010. The average Bonchev–Trinajstić information content (AvgIpc) is 2.57. The number of halogens is 3. The summed E-state index contributed by atoms with van der Waals surface area (Å²) in [7, 11) is -4.94. The highest BCUT2D eigenvalue weighted by Gasteiger charge is 2.27. The van der Waals surface area contributed by atoms with Gasteiger partial charge in [0.2, 0.25) is 0 Å². The second-order valence-corrected chi connectivity index (χ2v) is 6.30. The van der Waals surface area contributed by atoms with Crippen molar-refractivity contribution in [3.8, 4) is 0 Å². The molecule has 0 N–H and O–H groups in total. The molecule has 0 unspecified atom stereocenters. The predicted molar refractivity (Wildman–Crippen MR) is 78.0 cm³/mol. The van der Waals surface area contributed by atoms with E-state index in [2.05, 4.69) is 4.18 Å². The fraction of sp³-hybridized carbons (Fsp3) is 0.0769. The molecule has 0 atom stereocenters. The Hall–Kier alpha value is -3.06. The van der Waals surface area contributed by atoms with E-state index >= 15 is 0 Å². The zero-order valence-corrected chi connectivity index (χ0v) is 13.2. The minimum Gasteiger partial charge on any atom is -0.261 e. The minimum absolute atomic E-state index is 0.364. The lowest BCUT2D eigenvalue weighted by Crippen LogP contribution is -2.11. The zero-order valence-electron chi connectivity index (χ0n) is 12.4. The zero-order chi connectivity index (χ0) is 19.6. The van der Waals surface area contributed by atoms with Gasteiger partial charge in [0.1, 0.15) is 4.90 Å². The van der Waals surface area contributed by atoms with E-state index in [0.29, 0.717) is 18.2 Å². The maximum absolute atomic E-state index is 13.6. The lowest BCUT2D eigenvalue weighted by atomic mass is 10.2. The largest absolute Gasteiger partial charge is 0.300 e. The van der Waals surface area contributed by atoms with E-state index in [9.17, 15) is 41.8 Å². The molecule has 0 amide bonds. The van der Waals surface area contributed by atoms with Crippen LogP contribution in [-0.2, 0) is 20.9 Å². The first-order chi connectivity index (χ1) is 12.0. The monoisotopic (exact) mass is 392 g/mol. The lowest BCUT2D eigenvalue weighted by Gasteiger charge is -2.08. The van der Waals surface area contributed by atoms with E-state index in [4.69, 9.17) is 0 Å². The highest BCUT2D eigenvalue weighted by molar-refractivity contribution is 7.86. The third-order valence-electron chi connectivity index (χ3n) is 3.12. The normalized spacial score (nSPS) is 11.3. The molecule has 0 aromatic heterocycles. The summed E-state index contributed by atoms with van der Waals surface area (Å²) in [6.45, 7) is -0.991. The Morgan fingerprint density at radius 3 is 2.19 bits per heavy atom. The molecular formula is C13H7F3N2O7S. The van der Waals surface area contributed by atoms with E-state index < -0.39 is 60.3 Å². The van der Waals surface area contributed by atoms with Gasteiger partial charge in [0.05, 0.1) is 28.1 Å². The van der Waals surface area contributed by atoms with Crippen LogP contribution >= 0.6 is 0 Å². The Morgan fingerprint density at radius 1 is 0.962 bits per heavy atom. The third-order valence-corrected chi connectivity index (χ3v) is 4.40. The average molecular weight is 392 g/mol. The van der Waals surface area contributed by atoms with Gasteiger partial charge >= 0.3 is 0 Å². The fourth-order valence-corrected chi connectivity index (χ4v) is 2.82. The van der Waals surface area contributed by atoms with Crippen LogP contribution in [-0.4, -0.2) is 18.3 Å². The van der Waals surface area contributed by atoms with Gasteiger partial charge in [0.25, 0.3) is 21.5 Å². The molecule has 26 heavy (non-hydrogen) atoms. The van der Waals surface area contributed by atoms with Crippen LogP contribution in [0.3, 0.4) is 0 Å². The van der Waals surface area contributed by atoms with Crippen LogP contribution in [0.25, 0.3) is 0 Å². The molecule has 0 radical (unpaired) electrons. The van der Waals surface area contributed by atoms with E-state index in [1.165, 1.54) is 0 Å². The highest BCUT2D eigenvalue weighted by atomic mass is 32.2.